The Kier molecular flexibility index (Phi) is 4.62. The highest BCUT2D eigenvalue weighted by atomic mass is 79.9. The van der Waals surface area contributed by atoms with Crippen molar-refractivity contribution in [2.45, 2.75) is 24.9 Å². The molecule has 2 heterocycles. The molecule has 0 atom stereocenters. The number of fused-ring (bicyclic) bond motifs is 1. The lowest BCUT2D eigenvalue weighted by molar-refractivity contribution is -0.376. The summed E-state index contributed by atoms with van der Waals surface area (Å²) in [5.74, 6) is 0.0107. The van der Waals surface area contributed by atoms with Gasteiger partial charge in [0.25, 0.3) is 5.60 Å². The van der Waals surface area contributed by atoms with Crippen LogP contribution >= 0.6 is 15.9 Å². The maximum absolute atomic E-state index is 13.2. The van der Waals surface area contributed by atoms with E-state index in [4.69, 9.17) is 5.73 Å². The van der Waals surface area contributed by atoms with Crippen molar-refractivity contribution >= 4 is 27.4 Å². The number of nitrogen functional groups attached to an aromatic ring is 1. The van der Waals surface area contributed by atoms with E-state index in [1.165, 1.54) is 23.7 Å². The topological polar surface area (TPSA) is 76.4 Å². The first-order chi connectivity index (χ1) is 12.8. The van der Waals surface area contributed by atoms with Gasteiger partial charge in [0.15, 0.2) is 11.5 Å². The van der Waals surface area contributed by atoms with E-state index in [1.54, 1.807) is 0 Å². The molecule has 0 radical (unpaired) electrons. The zero-order chi connectivity index (χ0) is 21.1. The van der Waals surface area contributed by atoms with Crippen LogP contribution in [0.15, 0.2) is 35.2 Å². The molecule has 3 N–H and O–H groups in total. The van der Waals surface area contributed by atoms with Gasteiger partial charge in [0.05, 0.1) is 11.9 Å². The molecule has 0 amide bonds. The minimum absolute atomic E-state index is 0.00873. The van der Waals surface area contributed by atoms with Gasteiger partial charge in [0.2, 0.25) is 0 Å². The average molecular weight is 469 g/mol. The van der Waals surface area contributed by atoms with E-state index in [0.717, 1.165) is 6.07 Å². The van der Waals surface area contributed by atoms with Crippen LogP contribution in [0.2, 0.25) is 0 Å². The Balaban J connectivity index is 2.29. The summed E-state index contributed by atoms with van der Waals surface area (Å²) in [7, 11) is 0. The van der Waals surface area contributed by atoms with Crippen LogP contribution in [-0.2, 0) is 5.60 Å². The van der Waals surface area contributed by atoms with Crippen LogP contribution in [0.1, 0.15) is 11.1 Å². The summed E-state index contributed by atoms with van der Waals surface area (Å²) in [4.78, 5) is 7.94. The van der Waals surface area contributed by atoms with Crippen LogP contribution < -0.4 is 5.73 Å². The third kappa shape index (κ3) is 3.00. The third-order valence-corrected chi connectivity index (χ3v) is 4.62. The van der Waals surface area contributed by atoms with Gasteiger partial charge in [-0.2, -0.15) is 26.3 Å². The van der Waals surface area contributed by atoms with Gasteiger partial charge >= 0.3 is 12.4 Å². The summed E-state index contributed by atoms with van der Waals surface area (Å²) >= 11 is 3.11. The van der Waals surface area contributed by atoms with Crippen molar-refractivity contribution < 1.29 is 31.4 Å². The predicted octanol–water partition coefficient (Wildman–Crippen LogP) is 4.36. The number of imidazole rings is 1. The lowest BCUT2D eigenvalue weighted by Crippen LogP contribution is -2.53. The number of aryl methyl sites for hydroxylation is 1. The summed E-state index contributed by atoms with van der Waals surface area (Å²) in [5.41, 5.74) is 0.0781. The second-order valence-electron chi connectivity index (χ2n) is 6.02. The normalized spacial score (nSPS) is 13.3. The van der Waals surface area contributed by atoms with E-state index in [2.05, 4.69) is 25.9 Å². The molecule has 0 fully saturated rings. The summed E-state index contributed by atoms with van der Waals surface area (Å²) in [6.07, 6.45) is -9.30. The van der Waals surface area contributed by atoms with Crippen molar-refractivity contribution in [1.29, 1.82) is 0 Å². The molecule has 28 heavy (non-hydrogen) atoms. The summed E-state index contributed by atoms with van der Waals surface area (Å²) in [6, 6.07) is 2.30. The highest BCUT2D eigenvalue weighted by Gasteiger charge is 2.71. The maximum Gasteiger partial charge on any atom is 0.430 e. The minimum atomic E-state index is -5.98. The maximum atomic E-state index is 13.2. The number of rotatable bonds is 2. The fourth-order valence-electron chi connectivity index (χ4n) is 2.79. The molecule has 0 aliphatic heterocycles. The summed E-state index contributed by atoms with van der Waals surface area (Å²) in [5, 5.41) is 9.66. The van der Waals surface area contributed by atoms with Gasteiger partial charge < -0.3 is 10.8 Å². The third-order valence-electron chi connectivity index (χ3n) is 4.24. The molecule has 0 saturated carbocycles. The summed E-state index contributed by atoms with van der Waals surface area (Å²) < 4.78 is 80.9. The SMILES string of the molecule is Cc1ccc(C(O)(C(F)(F)F)C(F)(F)F)cc1-c1cnc2c(N)nc(Br)cn12. The number of aliphatic hydroxyl groups is 1. The molecule has 0 bridgehead atoms. The van der Waals surface area contributed by atoms with Crippen LogP contribution in [0, 0.1) is 6.92 Å². The lowest BCUT2D eigenvalue weighted by Gasteiger charge is -2.33. The molecule has 0 aliphatic rings. The smallest absolute Gasteiger partial charge is 0.381 e. The van der Waals surface area contributed by atoms with Gasteiger partial charge in [-0.05, 0) is 34.5 Å². The molecule has 0 unspecified atom stereocenters. The lowest BCUT2D eigenvalue weighted by atomic mass is 9.89. The van der Waals surface area contributed by atoms with Crippen molar-refractivity contribution in [3.8, 4) is 11.3 Å². The number of anilines is 1. The number of benzene rings is 1. The number of hydrogen-bond donors (Lipinski definition) is 2. The van der Waals surface area contributed by atoms with Gasteiger partial charge in [-0.15, -0.1) is 0 Å². The van der Waals surface area contributed by atoms with Crippen molar-refractivity contribution in [2.24, 2.45) is 0 Å². The molecule has 12 heteroatoms. The molecule has 1 aromatic carbocycles. The van der Waals surface area contributed by atoms with Crippen LogP contribution in [0.4, 0.5) is 32.2 Å². The fourth-order valence-corrected chi connectivity index (χ4v) is 3.19. The molecule has 0 spiro atoms. The van der Waals surface area contributed by atoms with Crippen molar-refractivity contribution in [2.75, 3.05) is 5.73 Å². The highest BCUT2D eigenvalue weighted by Crippen LogP contribution is 2.50. The van der Waals surface area contributed by atoms with E-state index in [9.17, 15) is 31.4 Å². The molecule has 3 aromatic rings. The number of aromatic nitrogens is 3. The number of alkyl halides is 6. The van der Waals surface area contributed by atoms with Crippen LogP contribution in [-0.4, -0.2) is 31.8 Å². The molecule has 3 rings (SSSR count). The quantitative estimate of drug-likeness (QED) is 0.547. The molecular weight excluding hydrogens is 458 g/mol. The second kappa shape index (κ2) is 6.34. The summed E-state index contributed by atoms with van der Waals surface area (Å²) in [6.45, 7) is 1.50. The standard InChI is InChI=1S/C16H11BrF6N4O/c1-7-2-3-8(14(28,15(18,19)20)16(21,22)23)4-9(7)10-5-25-13-12(24)26-11(17)6-27(10)13/h2-6,28H,1H3,(H2,24,26). The molecular formula is C16H11BrF6N4O. The Morgan fingerprint density at radius 3 is 2.29 bits per heavy atom. The second-order valence-corrected chi connectivity index (χ2v) is 6.83. The Morgan fingerprint density at radius 2 is 1.71 bits per heavy atom. The Bertz CT molecular complexity index is 1050. The van der Waals surface area contributed by atoms with Crippen molar-refractivity contribution in [3.05, 3.63) is 46.3 Å². The van der Waals surface area contributed by atoms with Gasteiger partial charge in [0.1, 0.15) is 4.60 Å². The fraction of sp³-hybridized carbons (Fsp3) is 0.250. The number of hydrogen-bond acceptors (Lipinski definition) is 4. The van der Waals surface area contributed by atoms with Crippen molar-refractivity contribution in [1.82, 2.24) is 14.4 Å². The number of halogens is 7. The van der Waals surface area contributed by atoms with E-state index < -0.39 is 23.5 Å². The van der Waals surface area contributed by atoms with Crippen LogP contribution in [0.3, 0.4) is 0 Å². The minimum Gasteiger partial charge on any atom is -0.381 e. The monoisotopic (exact) mass is 468 g/mol. The largest absolute Gasteiger partial charge is 0.430 e. The Labute approximate surface area is 162 Å². The van der Waals surface area contributed by atoms with E-state index in [1.807, 2.05) is 0 Å². The first-order valence-electron chi connectivity index (χ1n) is 7.53. The predicted molar refractivity (Wildman–Crippen MR) is 91.3 cm³/mol. The van der Waals surface area contributed by atoms with Crippen LogP contribution in [0.25, 0.3) is 16.9 Å². The number of nitrogens with two attached hydrogens (primary N) is 1. The first kappa shape index (κ1) is 20.4. The van der Waals surface area contributed by atoms with Gasteiger partial charge in [0, 0.05) is 17.3 Å². The molecule has 2 aromatic heterocycles. The van der Waals surface area contributed by atoms with Crippen molar-refractivity contribution in [3.63, 3.8) is 0 Å². The molecule has 150 valence electrons. The number of nitrogens with zero attached hydrogens (tertiary/aromatic N) is 3. The molecule has 0 saturated heterocycles. The first-order valence-corrected chi connectivity index (χ1v) is 8.33. The van der Waals surface area contributed by atoms with E-state index in [-0.39, 0.29) is 27.3 Å². The Hall–Kier alpha value is -2.34. The average Bonchev–Trinajstić information content (AvgIpc) is 2.96. The zero-order valence-corrected chi connectivity index (χ0v) is 15.5. The zero-order valence-electron chi connectivity index (χ0n) is 13.9. The van der Waals surface area contributed by atoms with Gasteiger partial charge in [-0.3, -0.25) is 4.40 Å². The van der Waals surface area contributed by atoms with E-state index >= 15 is 0 Å². The van der Waals surface area contributed by atoms with Crippen LogP contribution in [0.5, 0.6) is 0 Å². The van der Waals surface area contributed by atoms with E-state index in [0.29, 0.717) is 17.7 Å². The Morgan fingerprint density at radius 1 is 1.11 bits per heavy atom. The molecule has 0 aliphatic carbocycles. The van der Waals surface area contributed by atoms with Gasteiger partial charge in [-0.1, -0.05) is 12.1 Å². The van der Waals surface area contributed by atoms with Gasteiger partial charge in [-0.25, -0.2) is 9.97 Å². The molecule has 5 nitrogen and oxygen atoms in total. The highest BCUT2D eigenvalue weighted by molar-refractivity contribution is 9.10.